The average molecular weight is 383 g/mol. The third-order valence-corrected chi connectivity index (χ3v) is 4.41. The summed E-state index contributed by atoms with van der Waals surface area (Å²) >= 11 is 5.90. The van der Waals surface area contributed by atoms with Crippen molar-refractivity contribution in [3.8, 4) is 5.75 Å². The first kappa shape index (κ1) is 19.0. The highest BCUT2D eigenvalue weighted by molar-refractivity contribution is 6.30. The SMILES string of the molecule is CCN(CC)c1ccnc(Nc2ccc(OCc3ccc(Cl)cc3)cc2)n1. The molecule has 3 rings (SSSR count). The van der Waals surface area contributed by atoms with Gasteiger partial charge in [-0.05, 0) is 61.9 Å². The quantitative estimate of drug-likeness (QED) is 0.573. The Morgan fingerprint density at radius 2 is 1.67 bits per heavy atom. The molecule has 1 N–H and O–H groups in total. The van der Waals surface area contributed by atoms with Crippen molar-refractivity contribution in [2.75, 3.05) is 23.3 Å². The highest BCUT2D eigenvalue weighted by atomic mass is 35.5. The summed E-state index contributed by atoms with van der Waals surface area (Å²) in [4.78, 5) is 11.1. The summed E-state index contributed by atoms with van der Waals surface area (Å²) in [5.74, 6) is 2.29. The highest BCUT2D eigenvalue weighted by Gasteiger charge is 2.06. The minimum Gasteiger partial charge on any atom is -0.489 e. The lowest BCUT2D eigenvalue weighted by molar-refractivity contribution is 0.306. The molecule has 0 spiro atoms. The zero-order chi connectivity index (χ0) is 19.1. The molecule has 0 saturated heterocycles. The van der Waals surface area contributed by atoms with Gasteiger partial charge in [0.1, 0.15) is 18.2 Å². The van der Waals surface area contributed by atoms with Crippen LogP contribution in [0.3, 0.4) is 0 Å². The minimum absolute atomic E-state index is 0.499. The lowest BCUT2D eigenvalue weighted by atomic mass is 10.2. The van der Waals surface area contributed by atoms with Gasteiger partial charge in [0, 0.05) is 30.0 Å². The maximum atomic E-state index is 5.90. The van der Waals surface area contributed by atoms with Crippen molar-refractivity contribution in [2.45, 2.75) is 20.5 Å². The Labute approximate surface area is 165 Å². The predicted octanol–water partition coefficient (Wildman–Crippen LogP) is 5.30. The second kappa shape index (κ2) is 9.24. The van der Waals surface area contributed by atoms with E-state index in [0.717, 1.165) is 40.9 Å². The Bertz CT molecular complexity index is 849. The second-order valence-electron chi connectivity index (χ2n) is 5.98. The first-order valence-corrected chi connectivity index (χ1v) is 9.38. The number of hydrogen-bond acceptors (Lipinski definition) is 5. The molecular weight excluding hydrogens is 360 g/mol. The van der Waals surface area contributed by atoms with Crippen molar-refractivity contribution >= 4 is 29.1 Å². The van der Waals surface area contributed by atoms with Crippen LogP contribution in [-0.2, 0) is 6.61 Å². The van der Waals surface area contributed by atoms with Gasteiger partial charge in [-0.25, -0.2) is 4.98 Å². The fourth-order valence-corrected chi connectivity index (χ4v) is 2.77. The van der Waals surface area contributed by atoms with E-state index in [4.69, 9.17) is 16.3 Å². The number of hydrogen-bond donors (Lipinski definition) is 1. The van der Waals surface area contributed by atoms with Crippen LogP contribution in [0.15, 0.2) is 60.8 Å². The third kappa shape index (κ3) is 5.34. The molecule has 0 fully saturated rings. The van der Waals surface area contributed by atoms with Gasteiger partial charge in [-0.2, -0.15) is 4.98 Å². The number of halogens is 1. The average Bonchev–Trinajstić information content (AvgIpc) is 2.70. The molecule has 0 radical (unpaired) electrons. The van der Waals surface area contributed by atoms with Crippen LogP contribution in [0.1, 0.15) is 19.4 Å². The molecule has 140 valence electrons. The van der Waals surface area contributed by atoms with E-state index < -0.39 is 0 Å². The van der Waals surface area contributed by atoms with Gasteiger partial charge < -0.3 is 15.0 Å². The number of nitrogens with zero attached hydrogens (tertiary/aromatic N) is 3. The zero-order valence-corrected chi connectivity index (χ0v) is 16.3. The van der Waals surface area contributed by atoms with Crippen molar-refractivity contribution in [1.29, 1.82) is 0 Å². The molecule has 2 aromatic carbocycles. The van der Waals surface area contributed by atoms with Crippen molar-refractivity contribution < 1.29 is 4.74 Å². The lowest BCUT2D eigenvalue weighted by Gasteiger charge is -2.19. The number of anilines is 3. The number of aromatic nitrogens is 2. The Balaban J connectivity index is 1.60. The van der Waals surface area contributed by atoms with Gasteiger partial charge >= 0.3 is 0 Å². The van der Waals surface area contributed by atoms with E-state index in [9.17, 15) is 0 Å². The van der Waals surface area contributed by atoms with Gasteiger partial charge in [-0.1, -0.05) is 23.7 Å². The molecule has 0 saturated carbocycles. The van der Waals surface area contributed by atoms with Crippen LogP contribution in [0, 0.1) is 0 Å². The van der Waals surface area contributed by atoms with E-state index in [-0.39, 0.29) is 0 Å². The summed E-state index contributed by atoms with van der Waals surface area (Å²) in [5.41, 5.74) is 1.98. The van der Waals surface area contributed by atoms with E-state index in [1.54, 1.807) is 6.20 Å². The van der Waals surface area contributed by atoms with Crippen molar-refractivity contribution in [3.05, 3.63) is 71.4 Å². The molecule has 27 heavy (non-hydrogen) atoms. The molecule has 1 heterocycles. The van der Waals surface area contributed by atoms with E-state index in [2.05, 4.69) is 34.0 Å². The van der Waals surface area contributed by atoms with Crippen molar-refractivity contribution in [2.24, 2.45) is 0 Å². The summed E-state index contributed by atoms with van der Waals surface area (Å²) in [6.45, 7) is 6.54. The second-order valence-corrected chi connectivity index (χ2v) is 6.41. The van der Waals surface area contributed by atoms with Gasteiger partial charge in [0.05, 0.1) is 0 Å². The molecule has 3 aromatic rings. The standard InChI is InChI=1S/C21H23ClN4O/c1-3-26(4-2)20-13-14-23-21(25-20)24-18-9-11-19(12-10-18)27-15-16-5-7-17(22)8-6-16/h5-14H,3-4,15H2,1-2H3,(H,23,24,25). The van der Waals surface area contributed by atoms with Crippen LogP contribution >= 0.6 is 11.6 Å². The zero-order valence-electron chi connectivity index (χ0n) is 15.5. The van der Waals surface area contributed by atoms with Gasteiger partial charge in [0.25, 0.3) is 0 Å². The molecule has 1 aromatic heterocycles. The lowest BCUT2D eigenvalue weighted by Crippen LogP contribution is -2.23. The van der Waals surface area contributed by atoms with E-state index in [1.807, 2.05) is 54.6 Å². The third-order valence-electron chi connectivity index (χ3n) is 4.16. The number of ether oxygens (including phenoxy) is 1. The Morgan fingerprint density at radius 3 is 2.33 bits per heavy atom. The van der Waals surface area contributed by atoms with Crippen LogP contribution in [0.2, 0.25) is 5.02 Å². The summed E-state index contributed by atoms with van der Waals surface area (Å²) in [7, 11) is 0. The fraction of sp³-hybridized carbons (Fsp3) is 0.238. The van der Waals surface area contributed by atoms with Crippen LogP contribution in [0.25, 0.3) is 0 Å². The molecule has 0 atom stereocenters. The topological polar surface area (TPSA) is 50.3 Å². The van der Waals surface area contributed by atoms with Crippen molar-refractivity contribution in [3.63, 3.8) is 0 Å². The summed E-state index contributed by atoms with van der Waals surface area (Å²) in [6, 6.07) is 17.3. The van der Waals surface area contributed by atoms with Crippen LogP contribution in [0.5, 0.6) is 5.75 Å². The Morgan fingerprint density at radius 1 is 0.963 bits per heavy atom. The molecule has 0 unspecified atom stereocenters. The van der Waals surface area contributed by atoms with E-state index in [0.29, 0.717) is 12.6 Å². The smallest absolute Gasteiger partial charge is 0.229 e. The van der Waals surface area contributed by atoms with E-state index >= 15 is 0 Å². The molecule has 0 bridgehead atoms. The highest BCUT2D eigenvalue weighted by Crippen LogP contribution is 2.21. The van der Waals surface area contributed by atoms with E-state index in [1.165, 1.54) is 0 Å². The fourth-order valence-electron chi connectivity index (χ4n) is 2.64. The van der Waals surface area contributed by atoms with Crippen LogP contribution < -0.4 is 15.0 Å². The summed E-state index contributed by atoms with van der Waals surface area (Å²) in [6.07, 6.45) is 1.77. The molecule has 0 aliphatic rings. The van der Waals surface area contributed by atoms with Crippen molar-refractivity contribution in [1.82, 2.24) is 9.97 Å². The Hall–Kier alpha value is -2.79. The number of rotatable bonds is 8. The Kier molecular flexibility index (Phi) is 6.49. The first-order valence-electron chi connectivity index (χ1n) is 9.00. The first-order chi connectivity index (χ1) is 13.2. The monoisotopic (exact) mass is 382 g/mol. The number of nitrogens with one attached hydrogen (secondary N) is 1. The maximum absolute atomic E-state index is 5.90. The van der Waals surface area contributed by atoms with Gasteiger partial charge in [0.15, 0.2) is 0 Å². The summed E-state index contributed by atoms with van der Waals surface area (Å²) in [5, 5.41) is 3.96. The van der Waals surface area contributed by atoms with Crippen LogP contribution in [0.4, 0.5) is 17.5 Å². The molecule has 6 heteroatoms. The molecule has 0 aliphatic heterocycles. The molecular formula is C21H23ClN4O. The van der Waals surface area contributed by atoms with Gasteiger partial charge in [-0.15, -0.1) is 0 Å². The number of benzene rings is 2. The van der Waals surface area contributed by atoms with Gasteiger partial charge in [0.2, 0.25) is 5.95 Å². The molecule has 0 aliphatic carbocycles. The minimum atomic E-state index is 0.499. The largest absolute Gasteiger partial charge is 0.489 e. The summed E-state index contributed by atoms with van der Waals surface area (Å²) < 4.78 is 5.81. The van der Waals surface area contributed by atoms with Crippen LogP contribution in [-0.4, -0.2) is 23.1 Å². The predicted molar refractivity (Wildman–Crippen MR) is 111 cm³/mol. The maximum Gasteiger partial charge on any atom is 0.229 e. The molecule has 0 amide bonds. The molecule has 5 nitrogen and oxygen atoms in total. The van der Waals surface area contributed by atoms with Gasteiger partial charge in [-0.3, -0.25) is 0 Å². The normalized spacial score (nSPS) is 10.5.